The number of hydrogen-bond donors (Lipinski definition) is 2. The highest BCUT2D eigenvalue weighted by Gasteiger charge is 2.23. The minimum atomic E-state index is -3.51. The molecule has 0 aromatic heterocycles. The molecule has 0 saturated heterocycles. The molecule has 5 heteroatoms. The van der Waals surface area contributed by atoms with Crippen LogP contribution in [0.15, 0.2) is 11.0 Å². The number of sulfonamides is 1. The molecule has 0 aliphatic heterocycles. The molecular formula is C14H24N2O2S. The molecule has 0 bridgehead atoms. The monoisotopic (exact) mass is 284 g/mol. The van der Waals surface area contributed by atoms with Gasteiger partial charge in [-0.15, -0.1) is 0 Å². The second kappa shape index (κ2) is 5.92. The molecule has 0 amide bonds. The summed E-state index contributed by atoms with van der Waals surface area (Å²) in [6.45, 7) is 9.36. The Balaban J connectivity index is 3.26. The van der Waals surface area contributed by atoms with Gasteiger partial charge in [-0.2, -0.15) is 0 Å². The summed E-state index contributed by atoms with van der Waals surface area (Å²) < 4.78 is 27.6. The van der Waals surface area contributed by atoms with Crippen molar-refractivity contribution in [1.82, 2.24) is 4.72 Å². The van der Waals surface area contributed by atoms with E-state index >= 15 is 0 Å². The van der Waals surface area contributed by atoms with Gasteiger partial charge in [-0.1, -0.05) is 19.4 Å². The second-order valence-corrected chi connectivity index (χ2v) is 6.84. The first-order valence-corrected chi connectivity index (χ1v) is 8.07. The third kappa shape index (κ3) is 3.48. The van der Waals surface area contributed by atoms with Crippen LogP contribution in [0.4, 0.5) is 5.69 Å². The smallest absolute Gasteiger partial charge is 0.241 e. The van der Waals surface area contributed by atoms with E-state index in [-0.39, 0.29) is 6.04 Å². The highest BCUT2D eigenvalue weighted by atomic mass is 32.2. The number of nitrogens with one attached hydrogen (secondary N) is 1. The first kappa shape index (κ1) is 16.0. The maximum Gasteiger partial charge on any atom is 0.241 e. The van der Waals surface area contributed by atoms with E-state index in [1.807, 2.05) is 26.8 Å². The summed E-state index contributed by atoms with van der Waals surface area (Å²) in [7, 11) is -3.51. The molecule has 3 N–H and O–H groups in total. The molecule has 0 radical (unpaired) electrons. The molecule has 1 aromatic rings. The third-order valence-electron chi connectivity index (χ3n) is 3.31. The Bertz CT molecular complexity index is 565. The first-order valence-electron chi connectivity index (χ1n) is 6.59. The van der Waals surface area contributed by atoms with Crippen LogP contribution in [0.25, 0.3) is 0 Å². The zero-order valence-electron chi connectivity index (χ0n) is 12.4. The van der Waals surface area contributed by atoms with Gasteiger partial charge in [0.05, 0.1) is 4.90 Å². The standard InChI is InChI=1S/C14H24N2O2S/c1-6-7-11(4)16-19(17,18)14-10(3)8-9(2)13(15)12(14)5/h8,11,16H,6-7,15H2,1-5H3. The number of hydrogen-bond acceptors (Lipinski definition) is 3. The van der Waals surface area contributed by atoms with Gasteiger partial charge in [0.1, 0.15) is 0 Å². The van der Waals surface area contributed by atoms with E-state index in [9.17, 15) is 8.42 Å². The molecule has 0 aliphatic carbocycles. The Morgan fingerprint density at radius 2 is 1.84 bits per heavy atom. The Morgan fingerprint density at radius 3 is 2.37 bits per heavy atom. The summed E-state index contributed by atoms with van der Waals surface area (Å²) in [5.74, 6) is 0. The number of anilines is 1. The van der Waals surface area contributed by atoms with Crippen LogP contribution in [0.1, 0.15) is 43.4 Å². The van der Waals surface area contributed by atoms with Crippen LogP contribution in [0.5, 0.6) is 0 Å². The van der Waals surface area contributed by atoms with E-state index < -0.39 is 10.0 Å². The Morgan fingerprint density at radius 1 is 1.26 bits per heavy atom. The lowest BCUT2D eigenvalue weighted by Crippen LogP contribution is -2.33. The van der Waals surface area contributed by atoms with Crippen molar-refractivity contribution >= 4 is 15.7 Å². The number of rotatable bonds is 5. The number of benzene rings is 1. The van der Waals surface area contributed by atoms with E-state index in [1.54, 1.807) is 13.8 Å². The van der Waals surface area contributed by atoms with Crippen LogP contribution in [0.3, 0.4) is 0 Å². The second-order valence-electron chi connectivity index (χ2n) is 5.19. The van der Waals surface area contributed by atoms with Crippen LogP contribution in [-0.4, -0.2) is 14.5 Å². The fourth-order valence-electron chi connectivity index (χ4n) is 2.41. The molecule has 0 fully saturated rings. The fourth-order valence-corrected chi connectivity index (χ4v) is 4.17. The van der Waals surface area contributed by atoms with Gasteiger partial charge >= 0.3 is 0 Å². The highest BCUT2D eigenvalue weighted by molar-refractivity contribution is 7.89. The van der Waals surface area contributed by atoms with Gasteiger partial charge < -0.3 is 5.73 Å². The molecule has 4 nitrogen and oxygen atoms in total. The molecule has 108 valence electrons. The Hall–Kier alpha value is -1.07. The van der Waals surface area contributed by atoms with Crippen molar-refractivity contribution in [2.24, 2.45) is 0 Å². The average Bonchev–Trinajstić information content (AvgIpc) is 2.24. The topological polar surface area (TPSA) is 72.2 Å². The summed E-state index contributed by atoms with van der Waals surface area (Å²) in [6.07, 6.45) is 1.76. The summed E-state index contributed by atoms with van der Waals surface area (Å²) in [4.78, 5) is 0.318. The van der Waals surface area contributed by atoms with Crippen LogP contribution >= 0.6 is 0 Å². The zero-order chi connectivity index (χ0) is 14.8. The number of nitrogens with two attached hydrogens (primary N) is 1. The Kier molecular flexibility index (Phi) is 4.98. The molecule has 1 unspecified atom stereocenters. The van der Waals surface area contributed by atoms with Crippen LogP contribution in [-0.2, 0) is 10.0 Å². The predicted molar refractivity (Wildman–Crippen MR) is 79.8 cm³/mol. The number of aryl methyl sites for hydroxylation is 2. The molecular weight excluding hydrogens is 260 g/mol. The van der Waals surface area contributed by atoms with Crippen molar-refractivity contribution in [3.8, 4) is 0 Å². The van der Waals surface area contributed by atoms with E-state index in [0.717, 1.165) is 24.0 Å². The minimum Gasteiger partial charge on any atom is -0.398 e. The maximum absolute atomic E-state index is 12.5. The molecule has 19 heavy (non-hydrogen) atoms. The molecule has 0 heterocycles. The minimum absolute atomic E-state index is 0.0728. The van der Waals surface area contributed by atoms with Crippen LogP contribution < -0.4 is 10.5 Å². The van der Waals surface area contributed by atoms with E-state index in [0.29, 0.717) is 16.1 Å². The highest BCUT2D eigenvalue weighted by Crippen LogP contribution is 2.28. The van der Waals surface area contributed by atoms with Gasteiger partial charge in [-0.05, 0) is 50.8 Å². The van der Waals surface area contributed by atoms with Crippen molar-refractivity contribution < 1.29 is 8.42 Å². The Labute approximate surface area is 116 Å². The summed E-state index contributed by atoms with van der Waals surface area (Å²) in [5, 5.41) is 0. The van der Waals surface area contributed by atoms with Crippen molar-refractivity contribution in [2.45, 2.75) is 58.4 Å². The third-order valence-corrected chi connectivity index (χ3v) is 5.19. The predicted octanol–water partition coefficient (Wildman–Crippen LogP) is 2.66. The van der Waals surface area contributed by atoms with E-state index in [4.69, 9.17) is 5.73 Å². The quantitative estimate of drug-likeness (QED) is 0.816. The largest absolute Gasteiger partial charge is 0.398 e. The van der Waals surface area contributed by atoms with Crippen molar-refractivity contribution in [3.05, 3.63) is 22.8 Å². The van der Waals surface area contributed by atoms with Gasteiger partial charge in [0.2, 0.25) is 10.0 Å². The fraction of sp³-hybridized carbons (Fsp3) is 0.571. The first-order chi connectivity index (χ1) is 8.70. The molecule has 1 rings (SSSR count). The van der Waals surface area contributed by atoms with E-state index in [2.05, 4.69) is 4.72 Å². The molecule has 1 atom stereocenters. The molecule has 0 saturated carbocycles. The summed E-state index contributed by atoms with van der Waals surface area (Å²) in [5.41, 5.74) is 8.78. The van der Waals surface area contributed by atoms with Crippen molar-refractivity contribution in [3.63, 3.8) is 0 Å². The van der Waals surface area contributed by atoms with Crippen LogP contribution in [0.2, 0.25) is 0 Å². The number of nitrogen functional groups attached to an aromatic ring is 1. The van der Waals surface area contributed by atoms with Gasteiger partial charge in [0.25, 0.3) is 0 Å². The lowest BCUT2D eigenvalue weighted by Gasteiger charge is -2.18. The van der Waals surface area contributed by atoms with Gasteiger partial charge in [-0.3, -0.25) is 0 Å². The average molecular weight is 284 g/mol. The van der Waals surface area contributed by atoms with Crippen molar-refractivity contribution in [1.29, 1.82) is 0 Å². The lowest BCUT2D eigenvalue weighted by atomic mass is 10.1. The van der Waals surface area contributed by atoms with Gasteiger partial charge in [0.15, 0.2) is 0 Å². The van der Waals surface area contributed by atoms with Crippen LogP contribution in [0, 0.1) is 20.8 Å². The SMILES string of the molecule is CCCC(C)NS(=O)(=O)c1c(C)cc(C)c(N)c1C. The maximum atomic E-state index is 12.5. The van der Waals surface area contributed by atoms with Crippen molar-refractivity contribution in [2.75, 3.05) is 5.73 Å². The van der Waals surface area contributed by atoms with E-state index in [1.165, 1.54) is 0 Å². The molecule has 0 spiro atoms. The van der Waals surface area contributed by atoms with Gasteiger partial charge in [0, 0.05) is 11.7 Å². The lowest BCUT2D eigenvalue weighted by molar-refractivity contribution is 0.543. The zero-order valence-corrected chi connectivity index (χ0v) is 13.2. The molecule has 0 aliphatic rings. The van der Waals surface area contributed by atoms with Gasteiger partial charge in [-0.25, -0.2) is 13.1 Å². The molecule has 1 aromatic carbocycles. The summed E-state index contributed by atoms with van der Waals surface area (Å²) in [6, 6.07) is 1.75. The summed E-state index contributed by atoms with van der Waals surface area (Å²) >= 11 is 0. The normalized spacial score (nSPS) is 13.5.